The minimum absolute atomic E-state index is 0.318. The highest BCUT2D eigenvalue weighted by Crippen LogP contribution is 2.20. The van der Waals surface area contributed by atoms with Crippen molar-refractivity contribution in [3.63, 3.8) is 0 Å². The molecule has 1 aromatic carbocycles. The average Bonchev–Trinajstić information content (AvgIpc) is 2.55. The molecule has 18 heavy (non-hydrogen) atoms. The minimum Gasteiger partial charge on any atom is -0.462 e. The number of aromatic nitrogens is 1. The van der Waals surface area contributed by atoms with Crippen LogP contribution < -0.4 is 0 Å². The molecule has 0 bridgehead atoms. The number of rotatable bonds is 1. The zero-order valence-corrected chi connectivity index (χ0v) is 12.7. The summed E-state index contributed by atoms with van der Waals surface area (Å²) in [5.41, 5.74) is 2.14. The van der Waals surface area contributed by atoms with Crippen LogP contribution in [-0.2, 0) is 9.53 Å². The third-order valence-corrected chi connectivity index (χ3v) is 3.17. The molecule has 0 amide bonds. The van der Waals surface area contributed by atoms with Gasteiger partial charge in [-0.15, -0.1) is 0 Å². The second kappa shape index (κ2) is 6.05. The van der Waals surface area contributed by atoms with E-state index in [1.54, 1.807) is 0 Å². The molecule has 0 atom stereocenters. The molecule has 0 aliphatic rings. The molecule has 0 aliphatic carbocycles. The fourth-order valence-electron chi connectivity index (χ4n) is 1.40. The number of benzene rings is 1. The lowest BCUT2D eigenvalue weighted by atomic mass is 10.2. The molecule has 0 unspecified atom stereocenters. The zero-order chi connectivity index (χ0) is 13.8. The summed E-state index contributed by atoms with van der Waals surface area (Å²) in [5.74, 6) is 0. The van der Waals surface area contributed by atoms with Crippen molar-refractivity contribution in [3.05, 3.63) is 36.0 Å². The Balaban J connectivity index is 0.000000203. The van der Waals surface area contributed by atoms with E-state index < -0.39 is 0 Å². The van der Waals surface area contributed by atoms with Crippen molar-refractivity contribution in [1.82, 2.24) is 3.59 Å². The first-order valence-corrected chi connectivity index (χ1v) is 6.41. The first-order valence-electron chi connectivity index (χ1n) is 5.70. The third-order valence-electron chi connectivity index (χ3n) is 2.22. The van der Waals surface area contributed by atoms with E-state index in [0.717, 1.165) is 0 Å². The molecule has 0 spiro atoms. The summed E-state index contributed by atoms with van der Waals surface area (Å²) in [6.45, 7) is 8.00. The van der Waals surface area contributed by atoms with Gasteiger partial charge in [-0.05, 0) is 39.8 Å². The topological polar surface area (TPSA) is 31.2 Å². The Kier molecular flexibility index (Phi) is 4.96. The Labute approximate surface area is 116 Å². The molecule has 0 radical (unpaired) electrons. The van der Waals surface area contributed by atoms with Crippen molar-refractivity contribution in [1.29, 1.82) is 0 Å². The molecule has 0 N–H and O–H groups in total. The van der Waals surface area contributed by atoms with Crippen LogP contribution in [0.5, 0.6) is 0 Å². The van der Waals surface area contributed by atoms with Gasteiger partial charge in [0.1, 0.15) is 5.60 Å². The summed E-state index contributed by atoms with van der Waals surface area (Å²) >= 11 is 3.47. The predicted molar refractivity (Wildman–Crippen MR) is 77.9 cm³/mol. The molecule has 0 aliphatic heterocycles. The maximum atomic E-state index is 9.60. The van der Waals surface area contributed by atoms with E-state index in [9.17, 15) is 4.79 Å². The number of ether oxygens (including phenoxy) is 1. The Morgan fingerprint density at radius 3 is 2.33 bits per heavy atom. The lowest BCUT2D eigenvalue weighted by Gasteiger charge is -2.14. The number of hydrogen-bond donors (Lipinski definition) is 0. The van der Waals surface area contributed by atoms with Crippen LogP contribution in [-0.4, -0.2) is 15.7 Å². The maximum absolute atomic E-state index is 9.60. The summed E-state index contributed by atoms with van der Waals surface area (Å²) < 4.78 is 6.56. The number of hydrogen-bond acceptors (Lipinski definition) is 2. The summed E-state index contributed by atoms with van der Waals surface area (Å²) in [5, 5.41) is 1.28. The molecule has 0 saturated heterocycles. The predicted octanol–water partition coefficient (Wildman–Crippen LogP) is 4.07. The molecule has 4 heteroatoms. The van der Waals surface area contributed by atoms with Crippen LogP contribution in [0.15, 0.2) is 30.3 Å². The smallest absolute Gasteiger partial charge is 0.293 e. The molecule has 2 rings (SSSR count). The van der Waals surface area contributed by atoms with Crippen molar-refractivity contribution in [2.45, 2.75) is 33.3 Å². The van der Waals surface area contributed by atoms with Crippen LogP contribution in [0.1, 0.15) is 26.5 Å². The highest BCUT2D eigenvalue weighted by atomic mass is 79.9. The van der Waals surface area contributed by atoms with E-state index >= 15 is 0 Å². The number of nitrogens with zero attached hydrogens (tertiary/aromatic N) is 1. The van der Waals surface area contributed by atoms with Gasteiger partial charge in [-0.3, -0.25) is 8.39 Å². The second-order valence-electron chi connectivity index (χ2n) is 4.95. The van der Waals surface area contributed by atoms with Crippen LogP contribution in [0.4, 0.5) is 0 Å². The largest absolute Gasteiger partial charge is 0.462 e. The first-order chi connectivity index (χ1) is 8.35. The van der Waals surface area contributed by atoms with Gasteiger partial charge < -0.3 is 4.74 Å². The lowest BCUT2D eigenvalue weighted by Crippen LogP contribution is -2.17. The molecule has 2 aromatic rings. The van der Waals surface area contributed by atoms with Gasteiger partial charge in [0, 0.05) is 11.1 Å². The molecular weight excluding hydrogens is 294 g/mol. The van der Waals surface area contributed by atoms with Crippen LogP contribution in [0.2, 0.25) is 0 Å². The van der Waals surface area contributed by atoms with E-state index in [-0.39, 0.29) is 5.60 Å². The third kappa shape index (κ3) is 4.18. The number of halogens is 1. The van der Waals surface area contributed by atoms with Crippen molar-refractivity contribution >= 4 is 33.5 Å². The second-order valence-corrected chi connectivity index (χ2v) is 5.66. The van der Waals surface area contributed by atoms with Crippen LogP contribution >= 0.6 is 16.1 Å². The zero-order valence-electron chi connectivity index (χ0n) is 11.1. The van der Waals surface area contributed by atoms with E-state index in [1.807, 2.05) is 30.4 Å². The van der Waals surface area contributed by atoms with E-state index in [0.29, 0.717) is 6.47 Å². The molecule has 3 nitrogen and oxygen atoms in total. The fourth-order valence-corrected chi connectivity index (χ4v) is 1.83. The number of aryl methyl sites for hydroxylation is 1. The van der Waals surface area contributed by atoms with Gasteiger partial charge in [-0.1, -0.05) is 18.2 Å². The van der Waals surface area contributed by atoms with Gasteiger partial charge in [0.05, 0.1) is 21.7 Å². The first kappa shape index (κ1) is 14.8. The number of carbonyl (C=O) groups is 1. The van der Waals surface area contributed by atoms with Gasteiger partial charge in [-0.25, -0.2) is 0 Å². The quantitative estimate of drug-likeness (QED) is 0.743. The van der Waals surface area contributed by atoms with Gasteiger partial charge in [0.2, 0.25) is 0 Å². The highest BCUT2D eigenvalue weighted by molar-refractivity contribution is 9.08. The molecule has 1 heterocycles. The molecular formula is C14H18BrNO2. The van der Waals surface area contributed by atoms with Gasteiger partial charge >= 0.3 is 0 Å². The van der Waals surface area contributed by atoms with E-state index in [4.69, 9.17) is 0 Å². The van der Waals surface area contributed by atoms with Gasteiger partial charge in [0.15, 0.2) is 0 Å². The number of fused-ring (bicyclic) bond motifs is 1. The summed E-state index contributed by atoms with van der Waals surface area (Å²) in [6.07, 6.45) is 0. The Bertz CT molecular complexity index is 526. The summed E-state index contributed by atoms with van der Waals surface area (Å²) in [6, 6.07) is 10.5. The fraction of sp³-hybridized carbons (Fsp3) is 0.357. The highest BCUT2D eigenvalue weighted by Gasteiger charge is 2.07. The monoisotopic (exact) mass is 311 g/mol. The molecule has 0 fully saturated rings. The van der Waals surface area contributed by atoms with E-state index in [2.05, 4.69) is 52.1 Å². The molecule has 0 saturated carbocycles. The van der Waals surface area contributed by atoms with Gasteiger partial charge in [-0.2, -0.15) is 0 Å². The molecule has 98 valence electrons. The lowest BCUT2D eigenvalue weighted by molar-refractivity contribution is -0.138. The summed E-state index contributed by atoms with van der Waals surface area (Å²) in [4.78, 5) is 9.60. The van der Waals surface area contributed by atoms with Gasteiger partial charge in [0.25, 0.3) is 6.47 Å². The van der Waals surface area contributed by atoms with Crippen LogP contribution in [0, 0.1) is 6.92 Å². The van der Waals surface area contributed by atoms with Crippen molar-refractivity contribution in [2.24, 2.45) is 0 Å². The van der Waals surface area contributed by atoms with Crippen molar-refractivity contribution in [2.75, 3.05) is 0 Å². The Morgan fingerprint density at radius 1 is 1.28 bits per heavy atom. The Morgan fingerprint density at radius 2 is 1.89 bits per heavy atom. The summed E-state index contributed by atoms with van der Waals surface area (Å²) in [7, 11) is 0. The van der Waals surface area contributed by atoms with Crippen molar-refractivity contribution in [3.8, 4) is 0 Å². The Hall–Kier alpha value is -1.29. The SMILES string of the molecule is CC(C)(C)OC=O.Cc1cc2ccccc2n1Br. The van der Waals surface area contributed by atoms with Crippen LogP contribution in [0.3, 0.4) is 0 Å². The maximum Gasteiger partial charge on any atom is 0.293 e. The van der Waals surface area contributed by atoms with E-state index in [1.165, 1.54) is 16.6 Å². The minimum atomic E-state index is -0.318. The normalized spacial score (nSPS) is 10.7. The number of para-hydroxylation sites is 1. The molecule has 1 aromatic heterocycles. The standard InChI is InChI=1S/C9H8BrN.C5H10O2/c1-7-6-8-4-2-3-5-9(8)11(7)10;1-5(2,3)7-4-6/h2-6H,1H3;4H,1-3H3. The van der Waals surface area contributed by atoms with Crippen molar-refractivity contribution < 1.29 is 9.53 Å². The number of carbonyl (C=O) groups excluding carboxylic acids is 1. The van der Waals surface area contributed by atoms with Crippen LogP contribution in [0.25, 0.3) is 10.9 Å². The average molecular weight is 312 g/mol.